The van der Waals surface area contributed by atoms with E-state index in [0.29, 0.717) is 23.3 Å². The highest BCUT2D eigenvalue weighted by atomic mass is 16.6. The van der Waals surface area contributed by atoms with E-state index in [1.165, 1.54) is 11.8 Å². The number of hydrogen-bond acceptors (Lipinski definition) is 4. The summed E-state index contributed by atoms with van der Waals surface area (Å²) in [4.78, 5) is 29.9. The van der Waals surface area contributed by atoms with Crippen molar-refractivity contribution in [1.29, 1.82) is 0 Å². The SMILES string of the molecule is Cc1c([N+](=O)[O-])cnc2c1c(C1[C@@H]3CC[C@H]1CN(C(=O)C(C)C)C3)cn2C. The van der Waals surface area contributed by atoms with Crippen LogP contribution in [0.3, 0.4) is 0 Å². The molecule has 0 aromatic carbocycles. The molecule has 1 aliphatic carbocycles. The first-order valence-corrected chi connectivity index (χ1v) is 9.67. The Morgan fingerprint density at radius 2 is 1.93 bits per heavy atom. The van der Waals surface area contributed by atoms with Crippen LogP contribution in [0.15, 0.2) is 12.4 Å². The minimum absolute atomic E-state index is 0.0209. The van der Waals surface area contributed by atoms with Gasteiger partial charge in [-0.05, 0) is 43.1 Å². The van der Waals surface area contributed by atoms with Crippen LogP contribution in [0.2, 0.25) is 0 Å². The third-order valence-corrected chi connectivity index (χ3v) is 6.44. The summed E-state index contributed by atoms with van der Waals surface area (Å²) in [6.07, 6.45) is 5.67. The average Bonchev–Trinajstić information content (AvgIpc) is 3.07. The summed E-state index contributed by atoms with van der Waals surface area (Å²) in [5.74, 6) is 1.42. The van der Waals surface area contributed by atoms with Crippen molar-refractivity contribution < 1.29 is 9.72 Å². The zero-order chi connectivity index (χ0) is 19.5. The van der Waals surface area contributed by atoms with Crippen LogP contribution in [0.1, 0.15) is 43.7 Å². The molecule has 1 amide bonds. The minimum Gasteiger partial charge on any atom is -0.342 e. The van der Waals surface area contributed by atoms with Crippen LogP contribution in [0.5, 0.6) is 0 Å². The van der Waals surface area contributed by atoms with Crippen molar-refractivity contribution in [1.82, 2.24) is 14.5 Å². The first-order chi connectivity index (χ1) is 12.8. The number of rotatable bonds is 3. The number of piperidine rings is 1. The van der Waals surface area contributed by atoms with E-state index in [1.807, 2.05) is 37.3 Å². The topological polar surface area (TPSA) is 81.3 Å². The third-order valence-electron chi connectivity index (χ3n) is 6.44. The maximum absolute atomic E-state index is 12.5. The van der Waals surface area contributed by atoms with Crippen LogP contribution < -0.4 is 0 Å². The van der Waals surface area contributed by atoms with Crippen molar-refractivity contribution >= 4 is 22.6 Å². The molecule has 0 N–H and O–H groups in total. The fourth-order valence-electron chi connectivity index (χ4n) is 5.24. The Kier molecular flexibility index (Phi) is 4.20. The highest BCUT2D eigenvalue weighted by molar-refractivity contribution is 5.87. The molecular weight excluding hydrogens is 344 g/mol. The number of carbonyl (C=O) groups excluding carboxylic acids is 1. The summed E-state index contributed by atoms with van der Waals surface area (Å²) in [6.45, 7) is 7.31. The zero-order valence-electron chi connectivity index (χ0n) is 16.3. The van der Waals surface area contributed by atoms with Crippen molar-refractivity contribution in [3.8, 4) is 0 Å². The Balaban J connectivity index is 1.77. The van der Waals surface area contributed by atoms with Gasteiger partial charge in [0, 0.05) is 43.2 Å². The fraction of sp³-hybridized carbons (Fsp3) is 0.600. The van der Waals surface area contributed by atoms with Gasteiger partial charge in [0.05, 0.1) is 4.92 Å². The van der Waals surface area contributed by atoms with E-state index in [2.05, 4.69) is 11.2 Å². The van der Waals surface area contributed by atoms with Crippen LogP contribution >= 0.6 is 0 Å². The lowest BCUT2D eigenvalue weighted by Crippen LogP contribution is -2.45. The Bertz CT molecular complexity index is 919. The first kappa shape index (κ1) is 17.9. The van der Waals surface area contributed by atoms with E-state index in [0.717, 1.165) is 37.0 Å². The summed E-state index contributed by atoms with van der Waals surface area (Å²) < 4.78 is 1.98. The molecule has 3 atom stereocenters. The zero-order valence-corrected chi connectivity index (χ0v) is 16.3. The molecule has 2 aromatic heterocycles. The summed E-state index contributed by atoms with van der Waals surface area (Å²) >= 11 is 0. The molecule has 3 heterocycles. The number of nitro groups is 1. The number of likely N-dealkylation sites (tertiary alicyclic amines) is 1. The monoisotopic (exact) mass is 370 g/mol. The van der Waals surface area contributed by atoms with Gasteiger partial charge >= 0.3 is 0 Å². The number of aryl methyl sites for hydroxylation is 2. The van der Waals surface area contributed by atoms with E-state index in [9.17, 15) is 14.9 Å². The molecular formula is C20H26N4O3. The standard InChI is InChI=1S/C20H26N4O3/c1-11(2)20(25)23-8-13-5-6-14(9-23)18(13)15-10-22(4)19-17(15)12(3)16(7-21-19)24(26)27/h7,10-11,13-14,18H,5-6,8-9H2,1-4H3/t13-,14+,18?. The quantitative estimate of drug-likeness (QED) is 0.612. The molecule has 1 unspecified atom stereocenters. The van der Waals surface area contributed by atoms with Crippen LogP contribution in [-0.2, 0) is 11.8 Å². The van der Waals surface area contributed by atoms with E-state index >= 15 is 0 Å². The van der Waals surface area contributed by atoms with Crippen molar-refractivity contribution in [3.63, 3.8) is 0 Å². The van der Waals surface area contributed by atoms with Crippen LogP contribution in [0, 0.1) is 34.8 Å². The second-order valence-electron chi connectivity index (χ2n) is 8.44. The lowest BCUT2D eigenvalue weighted by atomic mass is 9.79. The molecule has 2 aromatic rings. The molecule has 4 rings (SSSR count). The lowest BCUT2D eigenvalue weighted by molar-refractivity contribution is -0.385. The van der Waals surface area contributed by atoms with Crippen LogP contribution in [0.25, 0.3) is 11.0 Å². The van der Waals surface area contributed by atoms with E-state index in [4.69, 9.17) is 0 Å². The average molecular weight is 370 g/mol. The van der Waals surface area contributed by atoms with Gasteiger partial charge in [-0.25, -0.2) is 4.98 Å². The molecule has 1 saturated heterocycles. The fourth-order valence-corrected chi connectivity index (χ4v) is 5.24. The smallest absolute Gasteiger partial charge is 0.291 e. The molecule has 2 fully saturated rings. The van der Waals surface area contributed by atoms with Gasteiger partial charge in [-0.3, -0.25) is 14.9 Å². The van der Waals surface area contributed by atoms with Crippen molar-refractivity contribution in [2.24, 2.45) is 24.8 Å². The Hall–Kier alpha value is -2.44. The molecule has 0 radical (unpaired) electrons. The van der Waals surface area contributed by atoms with Gasteiger partial charge in [0.1, 0.15) is 11.8 Å². The molecule has 2 bridgehead atoms. The number of carbonyl (C=O) groups is 1. The highest BCUT2D eigenvalue weighted by Crippen LogP contribution is 2.50. The maximum Gasteiger partial charge on any atom is 0.291 e. The highest BCUT2D eigenvalue weighted by Gasteiger charge is 2.45. The summed E-state index contributed by atoms with van der Waals surface area (Å²) in [7, 11) is 1.95. The van der Waals surface area contributed by atoms with Gasteiger partial charge in [0.15, 0.2) is 0 Å². The molecule has 144 valence electrons. The molecule has 1 saturated carbocycles. The Morgan fingerprint density at radius 1 is 1.30 bits per heavy atom. The van der Waals surface area contributed by atoms with Gasteiger partial charge < -0.3 is 9.47 Å². The van der Waals surface area contributed by atoms with E-state index < -0.39 is 0 Å². The van der Waals surface area contributed by atoms with Gasteiger partial charge in [-0.2, -0.15) is 0 Å². The van der Waals surface area contributed by atoms with E-state index in [-0.39, 0.29) is 22.4 Å². The van der Waals surface area contributed by atoms with Crippen LogP contribution in [0.4, 0.5) is 5.69 Å². The number of pyridine rings is 1. The summed E-state index contributed by atoms with van der Waals surface area (Å²) in [6, 6.07) is 0. The van der Waals surface area contributed by atoms with Gasteiger partial charge in [-0.1, -0.05) is 13.8 Å². The normalized spacial score (nSPS) is 24.8. The number of nitrogens with zero attached hydrogens (tertiary/aromatic N) is 4. The molecule has 2 aliphatic rings. The lowest BCUT2D eigenvalue weighted by Gasteiger charge is -2.39. The van der Waals surface area contributed by atoms with Gasteiger partial charge in [0.2, 0.25) is 5.91 Å². The second-order valence-corrected chi connectivity index (χ2v) is 8.44. The van der Waals surface area contributed by atoms with Crippen molar-refractivity contribution in [2.45, 2.75) is 39.5 Å². The molecule has 27 heavy (non-hydrogen) atoms. The van der Waals surface area contributed by atoms with E-state index in [1.54, 1.807) is 0 Å². The first-order valence-electron chi connectivity index (χ1n) is 9.67. The minimum atomic E-state index is -0.350. The molecule has 7 nitrogen and oxygen atoms in total. The number of fused-ring (bicyclic) bond motifs is 3. The summed E-state index contributed by atoms with van der Waals surface area (Å²) in [5.41, 5.74) is 2.74. The summed E-state index contributed by atoms with van der Waals surface area (Å²) in [5, 5.41) is 12.3. The second kappa shape index (κ2) is 6.32. The largest absolute Gasteiger partial charge is 0.342 e. The van der Waals surface area contributed by atoms with Crippen molar-refractivity contribution in [2.75, 3.05) is 13.1 Å². The third kappa shape index (κ3) is 2.71. The number of hydrogen-bond donors (Lipinski definition) is 0. The Labute approximate surface area is 158 Å². The molecule has 0 spiro atoms. The molecule has 1 aliphatic heterocycles. The predicted molar refractivity (Wildman–Crippen MR) is 102 cm³/mol. The van der Waals surface area contributed by atoms with Gasteiger partial charge in [-0.15, -0.1) is 0 Å². The number of amides is 1. The number of aromatic nitrogens is 2. The predicted octanol–water partition coefficient (Wildman–Crippen LogP) is 3.40. The van der Waals surface area contributed by atoms with Crippen LogP contribution in [-0.4, -0.2) is 38.4 Å². The van der Waals surface area contributed by atoms with Crippen molar-refractivity contribution in [3.05, 3.63) is 33.6 Å². The Morgan fingerprint density at radius 3 is 2.48 bits per heavy atom. The molecule has 7 heteroatoms. The van der Waals surface area contributed by atoms with Gasteiger partial charge in [0.25, 0.3) is 5.69 Å². The maximum atomic E-state index is 12.5.